The van der Waals surface area contributed by atoms with Gasteiger partial charge in [-0.25, -0.2) is 15.0 Å². The van der Waals surface area contributed by atoms with Gasteiger partial charge in [0.2, 0.25) is 5.91 Å². The smallest absolute Gasteiger partial charge is 0.231 e. The number of carbonyl (C=O) groups excluding carboxylic acids is 1. The number of hydrogen-bond acceptors (Lipinski definition) is 6. The molecule has 0 atom stereocenters. The number of nitrogen functional groups attached to an aromatic ring is 1. The van der Waals surface area contributed by atoms with Crippen LogP contribution in [0.1, 0.15) is 5.69 Å². The molecule has 0 saturated carbocycles. The molecule has 8 heteroatoms. The van der Waals surface area contributed by atoms with Crippen LogP contribution < -0.4 is 11.1 Å². The standard InChI is InChI=1S/C9H8BrN5OS/c10-6-2-13-7(3-12-6)15-8(16)1-5-4-17-9(11)14-5/h2-4H,1H2,(H2,11,14)(H,13,15,16). The largest absolute Gasteiger partial charge is 0.375 e. The molecule has 0 unspecified atom stereocenters. The maximum atomic E-state index is 11.6. The van der Waals surface area contributed by atoms with Gasteiger partial charge in [-0.3, -0.25) is 4.79 Å². The van der Waals surface area contributed by atoms with Crippen molar-refractivity contribution >= 4 is 44.1 Å². The Hall–Kier alpha value is -1.54. The highest BCUT2D eigenvalue weighted by Crippen LogP contribution is 2.12. The van der Waals surface area contributed by atoms with E-state index in [4.69, 9.17) is 5.73 Å². The second kappa shape index (κ2) is 5.19. The van der Waals surface area contributed by atoms with Crippen LogP contribution >= 0.6 is 27.3 Å². The van der Waals surface area contributed by atoms with E-state index in [1.54, 1.807) is 5.38 Å². The molecule has 1 amide bonds. The number of anilines is 2. The second-order valence-electron chi connectivity index (χ2n) is 3.13. The Morgan fingerprint density at radius 1 is 1.47 bits per heavy atom. The van der Waals surface area contributed by atoms with Crippen LogP contribution in [0.3, 0.4) is 0 Å². The van der Waals surface area contributed by atoms with Gasteiger partial charge < -0.3 is 11.1 Å². The zero-order valence-electron chi connectivity index (χ0n) is 8.55. The molecule has 2 heterocycles. The zero-order valence-corrected chi connectivity index (χ0v) is 11.0. The quantitative estimate of drug-likeness (QED) is 0.894. The molecule has 0 aliphatic rings. The van der Waals surface area contributed by atoms with Crippen LogP contribution in [-0.2, 0) is 11.2 Å². The molecule has 2 aromatic rings. The van der Waals surface area contributed by atoms with E-state index in [1.807, 2.05) is 0 Å². The molecule has 0 saturated heterocycles. The van der Waals surface area contributed by atoms with E-state index in [1.165, 1.54) is 23.7 Å². The van der Waals surface area contributed by atoms with Crippen molar-refractivity contribution < 1.29 is 4.79 Å². The van der Waals surface area contributed by atoms with E-state index in [2.05, 4.69) is 36.2 Å². The number of amides is 1. The fourth-order valence-corrected chi connectivity index (χ4v) is 1.90. The molecule has 3 N–H and O–H groups in total. The maximum Gasteiger partial charge on any atom is 0.231 e. The van der Waals surface area contributed by atoms with Gasteiger partial charge in [-0.15, -0.1) is 11.3 Å². The fourth-order valence-electron chi connectivity index (χ4n) is 1.13. The van der Waals surface area contributed by atoms with Gasteiger partial charge in [-0.05, 0) is 15.9 Å². The molecule has 17 heavy (non-hydrogen) atoms. The van der Waals surface area contributed by atoms with Gasteiger partial charge in [0.15, 0.2) is 10.9 Å². The molecule has 0 aromatic carbocycles. The Morgan fingerprint density at radius 3 is 2.88 bits per heavy atom. The average molecular weight is 314 g/mol. The molecular formula is C9H8BrN5OS. The summed E-state index contributed by atoms with van der Waals surface area (Å²) < 4.78 is 0.614. The highest BCUT2D eigenvalue weighted by Gasteiger charge is 2.07. The van der Waals surface area contributed by atoms with E-state index in [0.717, 1.165) is 0 Å². The van der Waals surface area contributed by atoms with Crippen molar-refractivity contribution in [1.29, 1.82) is 0 Å². The third kappa shape index (κ3) is 3.46. The number of nitrogens with one attached hydrogen (secondary N) is 1. The molecule has 0 radical (unpaired) electrons. The maximum absolute atomic E-state index is 11.6. The number of carbonyl (C=O) groups is 1. The zero-order chi connectivity index (χ0) is 12.3. The molecule has 88 valence electrons. The number of thiazole rings is 1. The van der Waals surface area contributed by atoms with Gasteiger partial charge >= 0.3 is 0 Å². The lowest BCUT2D eigenvalue weighted by atomic mass is 10.3. The lowest BCUT2D eigenvalue weighted by Crippen LogP contribution is -2.15. The Kier molecular flexibility index (Phi) is 3.64. The van der Waals surface area contributed by atoms with Crippen molar-refractivity contribution in [3.8, 4) is 0 Å². The summed E-state index contributed by atoms with van der Waals surface area (Å²) in [5.74, 6) is 0.202. The summed E-state index contributed by atoms with van der Waals surface area (Å²) in [4.78, 5) is 23.5. The van der Waals surface area contributed by atoms with Gasteiger partial charge in [0.1, 0.15) is 4.60 Å². The summed E-state index contributed by atoms with van der Waals surface area (Å²) in [7, 11) is 0. The highest BCUT2D eigenvalue weighted by atomic mass is 79.9. The molecule has 2 rings (SSSR count). The molecule has 0 bridgehead atoms. The van der Waals surface area contributed by atoms with E-state index in [0.29, 0.717) is 21.2 Å². The summed E-state index contributed by atoms with van der Waals surface area (Å²) in [6.07, 6.45) is 3.15. The van der Waals surface area contributed by atoms with Crippen LogP contribution in [0.25, 0.3) is 0 Å². The van der Waals surface area contributed by atoms with Crippen LogP contribution in [-0.4, -0.2) is 20.9 Å². The number of halogens is 1. The third-order valence-corrected chi connectivity index (χ3v) is 2.93. The lowest BCUT2D eigenvalue weighted by Gasteiger charge is -2.01. The fraction of sp³-hybridized carbons (Fsp3) is 0.111. The predicted molar refractivity (Wildman–Crippen MR) is 68.6 cm³/mol. The summed E-state index contributed by atoms with van der Waals surface area (Å²) in [5, 5.41) is 4.82. The van der Waals surface area contributed by atoms with Crippen LogP contribution in [0.4, 0.5) is 10.9 Å². The summed E-state index contributed by atoms with van der Waals surface area (Å²) in [5.41, 5.74) is 6.12. The second-order valence-corrected chi connectivity index (χ2v) is 4.83. The summed E-state index contributed by atoms with van der Waals surface area (Å²) >= 11 is 4.47. The van der Waals surface area contributed by atoms with Crippen LogP contribution in [0.15, 0.2) is 22.4 Å². The van der Waals surface area contributed by atoms with Gasteiger partial charge in [-0.1, -0.05) is 0 Å². The number of rotatable bonds is 3. The first-order chi connectivity index (χ1) is 8.13. The minimum atomic E-state index is -0.202. The molecule has 0 spiro atoms. The number of aromatic nitrogens is 3. The third-order valence-electron chi connectivity index (χ3n) is 1.80. The molecule has 2 aromatic heterocycles. The van der Waals surface area contributed by atoms with Gasteiger partial charge in [0, 0.05) is 5.38 Å². The van der Waals surface area contributed by atoms with Crippen molar-refractivity contribution in [2.45, 2.75) is 6.42 Å². The Morgan fingerprint density at radius 2 is 2.29 bits per heavy atom. The predicted octanol–water partition coefficient (Wildman–Crippen LogP) is 1.46. The monoisotopic (exact) mass is 313 g/mol. The normalized spacial score (nSPS) is 10.2. The van der Waals surface area contributed by atoms with Crippen LogP contribution in [0.2, 0.25) is 0 Å². The lowest BCUT2D eigenvalue weighted by molar-refractivity contribution is -0.115. The first-order valence-corrected chi connectivity index (χ1v) is 6.28. The van der Waals surface area contributed by atoms with E-state index >= 15 is 0 Å². The van der Waals surface area contributed by atoms with Crippen molar-refractivity contribution in [3.05, 3.63) is 28.1 Å². The molecule has 0 aliphatic carbocycles. The molecular weight excluding hydrogens is 306 g/mol. The van der Waals surface area contributed by atoms with Crippen molar-refractivity contribution in [2.24, 2.45) is 0 Å². The number of nitrogens with two attached hydrogens (primary N) is 1. The Labute approximate surface area is 109 Å². The highest BCUT2D eigenvalue weighted by molar-refractivity contribution is 9.10. The molecule has 6 nitrogen and oxygen atoms in total. The first kappa shape index (κ1) is 11.9. The number of nitrogens with zero attached hydrogens (tertiary/aromatic N) is 3. The van der Waals surface area contributed by atoms with Gasteiger partial charge in [0.25, 0.3) is 0 Å². The minimum Gasteiger partial charge on any atom is -0.375 e. The topological polar surface area (TPSA) is 93.8 Å². The van der Waals surface area contributed by atoms with E-state index in [-0.39, 0.29) is 12.3 Å². The van der Waals surface area contributed by atoms with Crippen molar-refractivity contribution in [2.75, 3.05) is 11.1 Å². The minimum absolute atomic E-state index is 0.172. The average Bonchev–Trinajstić information content (AvgIpc) is 2.67. The van der Waals surface area contributed by atoms with Crippen molar-refractivity contribution in [3.63, 3.8) is 0 Å². The van der Waals surface area contributed by atoms with E-state index < -0.39 is 0 Å². The van der Waals surface area contributed by atoms with Gasteiger partial charge in [-0.2, -0.15) is 0 Å². The summed E-state index contributed by atoms with van der Waals surface area (Å²) in [6.45, 7) is 0. The Bertz CT molecular complexity index is 526. The first-order valence-electron chi connectivity index (χ1n) is 4.61. The van der Waals surface area contributed by atoms with Crippen molar-refractivity contribution in [1.82, 2.24) is 15.0 Å². The van der Waals surface area contributed by atoms with Gasteiger partial charge in [0.05, 0.1) is 24.5 Å². The molecule has 0 fully saturated rings. The SMILES string of the molecule is Nc1nc(CC(=O)Nc2cnc(Br)cn2)cs1. The Balaban J connectivity index is 1.95. The van der Waals surface area contributed by atoms with Crippen LogP contribution in [0, 0.1) is 0 Å². The molecule has 0 aliphatic heterocycles. The van der Waals surface area contributed by atoms with Crippen LogP contribution in [0.5, 0.6) is 0 Å². The van der Waals surface area contributed by atoms with E-state index in [9.17, 15) is 4.79 Å². The summed E-state index contributed by atoms with van der Waals surface area (Å²) in [6, 6.07) is 0. The number of hydrogen-bond donors (Lipinski definition) is 2.